The molecule has 0 saturated heterocycles. The van der Waals surface area contributed by atoms with Crippen LogP contribution in [-0.4, -0.2) is 54.0 Å². The first-order chi connectivity index (χ1) is 18.0. The van der Waals surface area contributed by atoms with Gasteiger partial charge in [0.1, 0.15) is 24.1 Å². The lowest BCUT2D eigenvalue weighted by molar-refractivity contribution is -0.133. The summed E-state index contributed by atoms with van der Waals surface area (Å²) in [5, 5.41) is 3.53. The number of nitrogens with zero attached hydrogens (tertiary/aromatic N) is 2. The standard InChI is InChI=1S/C26H27ClF4N4O3/c1-35(23(36)10-6-15-3-2-4-20(29)24(15)27)19(8-9-21(32)25(30)31)14-38-26(37)34-22-12-17-11-18(28)7-5-16(17)13-33-22/h2-5,7,11-13,19,21,25H,6,8-10,14,32H2,1H3,(H,33,34,37)/t19-,21?/m0/s1. The highest BCUT2D eigenvalue weighted by Crippen LogP contribution is 2.22. The molecule has 1 aromatic heterocycles. The number of carbonyl (C=O) groups is 2. The predicted octanol–water partition coefficient (Wildman–Crippen LogP) is 5.55. The van der Waals surface area contributed by atoms with Gasteiger partial charge < -0.3 is 15.4 Å². The van der Waals surface area contributed by atoms with Crippen molar-refractivity contribution in [1.29, 1.82) is 0 Å². The number of benzene rings is 2. The van der Waals surface area contributed by atoms with E-state index in [0.717, 1.165) is 0 Å². The molecule has 3 N–H and O–H groups in total. The van der Waals surface area contributed by atoms with Gasteiger partial charge in [0.25, 0.3) is 6.43 Å². The number of hydrogen-bond donors (Lipinski definition) is 2. The molecule has 0 spiro atoms. The molecule has 3 rings (SSSR count). The minimum absolute atomic E-state index is 0.0370. The maximum absolute atomic E-state index is 13.7. The lowest BCUT2D eigenvalue weighted by atomic mass is 10.0. The normalized spacial score (nSPS) is 12.8. The SMILES string of the molecule is CN(C(=O)CCc1cccc(F)c1Cl)[C@@H](CCC(N)C(F)F)COC(=O)Nc1cc2cc(F)ccc2cn1. The first kappa shape index (κ1) is 29.1. The van der Waals surface area contributed by atoms with Gasteiger partial charge in [-0.2, -0.15) is 0 Å². The van der Waals surface area contributed by atoms with Crippen LogP contribution >= 0.6 is 11.6 Å². The van der Waals surface area contributed by atoms with Crippen molar-refractivity contribution in [3.8, 4) is 0 Å². The van der Waals surface area contributed by atoms with E-state index in [-0.39, 0.29) is 49.0 Å². The van der Waals surface area contributed by atoms with Crippen LogP contribution in [0.4, 0.5) is 28.2 Å². The molecule has 0 aliphatic heterocycles. The van der Waals surface area contributed by atoms with E-state index >= 15 is 0 Å². The zero-order valence-electron chi connectivity index (χ0n) is 20.5. The van der Waals surface area contributed by atoms with Crippen LogP contribution in [-0.2, 0) is 16.0 Å². The third-order valence-corrected chi connectivity index (χ3v) is 6.48. The molecule has 0 saturated carbocycles. The van der Waals surface area contributed by atoms with Crippen LogP contribution < -0.4 is 11.1 Å². The van der Waals surface area contributed by atoms with E-state index in [4.69, 9.17) is 22.1 Å². The summed E-state index contributed by atoms with van der Waals surface area (Å²) in [5.41, 5.74) is 5.91. The Morgan fingerprint density at radius 2 is 1.89 bits per heavy atom. The van der Waals surface area contributed by atoms with Gasteiger partial charge in [-0.25, -0.2) is 27.3 Å². The molecule has 12 heteroatoms. The second-order valence-corrected chi connectivity index (χ2v) is 9.11. The molecule has 0 aliphatic rings. The molecule has 7 nitrogen and oxygen atoms in total. The number of carbonyl (C=O) groups excluding carboxylic acids is 2. The highest BCUT2D eigenvalue weighted by Gasteiger charge is 2.25. The second-order valence-electron chi connectivity index (χ2n) is 8.73. The molecule has 1 unspecified atom stereocenters. The number of nitrogens with one attached hydrogen (secondary N) is 1. The van der Waals surface area contributed by atoms with E-state index in [1.807, 2.05) is 0 Å². The highest BCUT2D eigenvalue weighted by molar-refractivity contribution is 6.31. The zero-order valence-corrected chi connectivity index (χ0v) is 21.2. The fourth-order valence-electron chi connectivity index (χ4n) is 3.76. The number of aryl methyl sites for hydroxylation is 1. The summed E-state index contributed by atoms with van der Waals surface area (Å²) in [5.74, 6) is -1.33. The van der Waals surface area contributed by atoms with Gasteiger partial charge in [0.05, 0.1) is 17.1 Å². The topological polar surface area (TPSA) is 97.5 Å². The van der Waals surface area contributed by atoms with Gasteiger partial charge in [-0.05, 0) is 60.5 Å². The summed E-state index contributed by atoms with van der Waals surface area (Å²) >= 11 is 5.95. The first-order valence-corrected chi connectivity index (χ1v) is 12.1. The maximum atomic E-state index is 13.7. The Bertz CT molecular complexity index is 1280. The fourth-order valence-corrected chi connectivity index (χ4v) is 3.98. The molecule has 0 bridgehead atoms. The average molecular weight is 555 g/mol. The Balaban J connectivity index is 1.62. The van der Waals surface area contributed by atoms with E-state index in [1.54, 1.807) is 12.1 Å². The number of anilines is 1. The number of aromatic nitrogens is 1. The van der Waals surface area contributed by atoms with Crippen molar-refractivity contribution >= 4 is 40.2 Å². The van der Waals surface area contributed by atoms with Crippen LogP contribution in [0, 0.1) is 11.6 Å². The van der Waals surface area contributed by atoms with Crippen molar-refractivity contribution in [1.82, 2.24) is 9.88 Å². The largest absolute Gasteiger partial charge is 0.447 e. The fraction of sp³-hybridized carbons (Fsp3) is 0.346. The van der Waals surface area contributed by atoms with Gasteiger partial charge in [-0.15, -0.1) is 0 Å². The van der Waals surface area contributed by atoms with Crippen molar-refractivity contribution in [3.63, 3.8) is 0 Å². The molecule has 2 atom stereocenters. The first-order valence-electron chi connectivity index (χ1n) is 11.8. The number of likely N-dealkylation sites (N-methyl/N-ethyl adjacent to an activating group) is 1. The summed E-state index contributed by atoms with van der Waals surface area (Å²) in [6, 6.07) is 7.69. The van der Waals surface area contributed by atoms with Crippen molar-refractivity contribution in [2.24, 2.45) is 5.73 Å². The van der Waals surface area contributed by atoms with Crippen LogP contribution in [0.1, 0.15) is 24.8 Å². The molecular weight excluding hydrogens is 528 g/mol. The molecule has 0 aliphatic carbocycles. The van der Waals surface area contributed by atoms with E-state index < -0.39 is 36.2 Å². The minimum atomic E-state index is -2.75. The number of pyridine rings is 1. The number of halogens is 5. The van der Waals surface area contributed by atoms with Gasteiger partial charge in [0.2, 0.25) is 5.91 Å². The summed E-state index contributed by atoms with van der Waals surface area (Å²) in [6.45, 7) is -0.313. The van der Waals surface area contributed by atoms with Crippen molar-refractivity contribution in [2.75, 3.05) is 19.0 Å². The molecular formula is C26H27ClF4N4O3. The van der Waals surface area contributed by atoms with E-state index in [2.05, 4.69) is 10.3 Å². The van der Waals surface area contributed by atoms with Crippen LogP contribution in [0.2, 0.25) is 5.02 Å². The van der Waals surface area contributed by atoms with Crippen LogP contribution in [0.3, 0.4) is 0 Å². The Labute approximate surface area is 221 Å². The molecule has 204 valence electrons. The van der Waals surface area contributed by atoms with Crippen LogP contribution in [0.15, 0.2) is 48.7 Å². The number of ether oxygens (including phenoxy) is 1. The van der Waals surface area contributed by atoms with Gasteiger partial charge in [-0.1, -0.05) is 23.7 Å². The van der Waals surface area contributed by atoms with Crippen LogP contribution in [0.5, 0.6) is 0 Å². The second kappa shape index (κ2) is 13.4. The summed E-state index contributed by atoms with van der Waals surface area (Å²) in [4.78, 5) is 30.6. The monoisotopic (exact) mass is 554 g/mol. The van der Waals surface area contributed by atoms with Crippen molar-refractivity contribution < 1.29 is 31.9 Å². The lowest BCUT2D eigenvalue weighted by Gasteiger charge is -2.29. The number of nitrogens with two attached hydrogens (primary N) is 1. The Morgan fingerprint density at radius 1 is 1.13 bits per heavy atom. The van der Waals surface area contributed by atoms with Gasteiger partial charge >= 0.3 is 6.09 Å². The van der Waals surface area contributed by atoms with E-state index in [9.17, 15) is 27.2 Å². The Hall–Kier alpha value is -3.44. The molecule has 0 radical (unpaired) electrons. The van der Waals surface area contributed by atoms with E-state index in [1.165, 1.54) is 48.5 Å². The molecule has 38 heavy (non-hydrogen) atoms. The van der Waals surface area contributed by atoms with Crippen molar-refractivity contribution in [2.45, 2.75) is 44.2 Å². The number of alkyl halides is 2. The highest BCUT2D eigenvalue weighted by atomic mass is 35.5. The third kappa shape index (κ3) is 8.03. The van der Waals surface area contributed by atoms with Gasteiger partial charge in [0, 0.05) is 25.1 Å². The summed E-state index contributed by atoms with van der Waals surface area (Å²) in [6.07, 6.45) is -2.17. The quantitative estimate of drug-likeness (QED) is 0.303. The van der Waals surface area contributed by atoms with Crippen LogP contribution in [0.25, 0.3) is 10.8 Å². The number of amides is 2. The number of rotatable bonds is 11. The molecule has 2 amide bonds. The lowest BCUT2D eigenvalue weighted by Crippen LogP contribution is -2.42. The molecule has 1 heterocycles. The average Bonchev–Trinajstić information content (AvgIpc) is 2.88. The van der Waals surface area contributed by atoms with E-state index in [0.29, 0.717) is 16.3 Å². The molecule has 0 fully saturated rings. The predicted molar refractivity (Wildman–Crippen MR) is 136 cm³/mol. The Kier molecular flexibility index (Phi) is 10.3. The minimum Gasteiger partial charge on any atom is -0.447 e. The third-order valence-electron chi connectivity index (χ3n) is 6.06. The number of fused-ring (bicyclic) bond motifs is 1. The number of hydrogen-bond acceptors (Lipinski definition) is 5. The van der Waals surface area contributed by atoms with Gasteiger partial charge in [-0.3, -0.25) is 10.1 Å². The zero-order chi connectivity index (χ0) is 27.8. The maximum Gasteiger partial charge on any atom is 0.412 e. The summed E-state index contributed by atoms with van der Waals surface area (Å²) < 4.78 is 58.3. The van der Waals surface area contributed by atoms with Gasteiger partial charge in [0.15, 0.2) is 0 Å². The molecule has 2 aromatic carbocycles. The van der Waals surface area contributed by atoms with Crippen molar-refractivity contribution in [3.05, 3.63) is 70.9 Å². The summed E-state index contributed by atoms with van der Waals surface area (Å²) in [7, 11) is 1.45. The molecule has 3 aromatic rings. The smallest absolute Gasteiger partial charge is 0.412 e. The Morgan fingerprint density at radius 3 is 2.63 bits per heavy atom.